The number of nitrogens with two attached hydrogens (primary N) is 2. The molecule has 0 heterocycles. The molecule has 8 N–H and O–H groups in total. The summed E-state index contributed by atoms with van der Waals surface area (Å²) in [7, 11) is 0. The number of hydrogen-bond acceptors (Lipinski definition) is 6. The van der Waals surface area contributed by atoms with E-state index in [-0.39, 0.29) is 18.8 Å². The van der Waals surface area contributed by atoms with Crippen molar-refractivity contribution in [1.82, 2.24) is 16.0 Å². The molecule has 0 aliphatic carbocycles. The Labute approximate surface area is 199 Å². The SMILES string of the molecule is CCC(C)C(NC(=O)C(N)Cc1ccccc1)C(=O)NC(C)C(=O)NC(CCC(N)=O)C(=O)O. The number of primary amides is 1. The zero-order valence-corrected chi connectivity index (χ0v) is 19.7. The first-order valence-corrected chi connectivity index (χ1v) is 11.2. The van der Waals surface area contributed by atoms with Gasteiger partial charge in [-0.25, -0.2) is 4.79 Å². The van der Waals surface area contributed by atoms with E-state index in [2.05, 4.69) is 16.0 Å². The highest BCUT2D eigenvalue weighted by Gasteiger charge is 2.31. The Morgan fingerprint density at radius 1 is 0.941 bits per heavy atom. The van der Waals surface area contributed by atoms with Gasteiger partial charge < -0.3 is 32.5 Å². The highest BCUT2D eigenvalue weighted by molar-refractivity contribution is 5.94. The van der Waals surface area contributed by atoms with Crippen LogP contribution in [0.15, 0.2) is 30.3 Å². The van der Waals surface area contributed by atoms with Crippen LogP contribution >= 0.6 is 0 Å². The topological polar surface area (TPSA) is 194 Å². The maximum Gasteiger partial charge on any atom is 0.326 e. The zero-order valence-electron chi connectivity index (χ0n) is 19.7. The van der Waals surface area contributed by atoms with E-state index < -0.39 is 53.8 Å². The van der Waals surface area contributed by atoms with Gasteiger partial charge in [-0.1, -0.05) is 50.6 Å². The molecule has 0 fully saturated rings. The summed E-state index contributed by atoms with van der Waals surface area (Å²) < 4.78 is 0. The molecule has 0 saturated heterocycles. The molecule has 0 radical (unpaired) electrons. The van der Waals surface area contributed by atoms with E-state index in [0.717, 1.165) is 5.56 Å². The monoisotopic (exact) mass is 477 g/mol. The van der Waals surface area contributed by atoms with E-state index in [9.17, 15) is 29.1 Å². The number of nitrogens with one attached hydrogen (secondary N) is 3. The lowest BCUT2D eigenvalue weighted by molar-refractivity contribution is -0.142. The number of amides is 4. The lowest BCUT2D eigenvalue weighted by Crippen LogP contribution is -2.58. The molecular formula is C23H35N5O6. The number of benzene rings is 1. The Bertz CT molecular complexity index is 863. The second-order valence-electron chi connectivity index (χ2n) is 8.30. The summed E-state index contributed by atoms with van der Waals surface area (Å²) in [5.74, 6) is -4.13. The summed E-state index contributed by atoms with van der Waals surface area (Å²) in [5, 5.41) is 16.7. The second kappa shape index (κ2) is 13.9. The highest BCUT2D eigenvalue weighted by atomic mass is 16.4. The van der Waals surface area contributed by atoms with Crippen molar-refractivity contribution in [2.24, 2.45) is 17.4 Å². The highest BCUT2D eigenvalue weighted by Crippen LogP contribution is 2.10. The molecule has 1 rings (SSSR count). The third kappa shape index (κ3) is 9.57. The van der Waals surface area contributed by atoms with Crippen LogP contribution in [0, 0.1) is 5.92 Å². The number of rotatable bonds is 14. The average Bonchev–Trinajstić information content (AvgIpc) is 2.79. The van der Waals surface area contributed by atoms with Crippen LogP contribution in [0.3, 0.4) is 0 Å². The molecule has 188 valence electrons. The second-order valence-corrected chi connectivity index (χ2v) is 8.30. The first-order chi connectivity index (χ1) is 16.0. The summed E-state index contributed by atoms with van der Waals surface area (Å²) in [5.41, 5.74) is 11.9. The summed E-state index contributed by atoms with van der Waals surface area (Å²) in [6.45, 7) is 5.02. The van der Waals surface area contributed by atoms with Gasteiger partial charge in [-0.3, -0.25) is 19.2 Å². The fourth-order valence-electron chi connectivity index (χ4n) is 3.13. The molecule has 11 heteroatoms. The van der Waals surface area contributed by atoms with Crippen molar-refractivity contribution < 1.29 is 29.1 Å². The van der Waals surface area contributed by atoms with Crippen LogP contribution < -0.4 is 27.4 Å². The molecule has 4 amide bonds. The number of carbonyl (C=O) groups is 5. The van der Waals surface area contributed by atoms with Gasteiger partial charge in [0.15, 0.2) is 0 Å². The fourth-order valence-corrected chi connectivity index (χ4v) is 3.13. The summed E-state index contributed by atoms with van der Waals surface area (Å²) in [4.78, 5) is 60.2. The van der Waals surface area contributed by atoms with Gasteiger partial charge in [0.2, 0.25) is 23.6 Å². The van der Waals surface area contributed by atoms with E-state index >= 15 is 0 Å². The van der Waals surface area contributed by atoms with Crippen LogP contribution in [0.25, 0.3) is 0 Å². The minimum absolute atomic E-state index is 0.179. The van der Waals surface area contributed by atoms with E-state index in [1.165, 1.54) is 6.92 Å². The van der Waals surface area contributed by atoms with Gasteiger partial charge in [0.25, 0.3) is 0 Å². The van der Waals surface area contributed by atoms with Crippen LogP contribution in [0.2, 0.25) is 0 Å². The summed E-state index contributed by atoms with van der Waals surface area (Å²) in [6.07, 6.45) is 0.467. The van der Waals surface area contributed by atoms with Crippen molar-refractivity contribution in [3.63, 3.8) is 0 Å². The van der Waals surface area contributed by atoms with Gasteiger partial charge in [-0.05, 0) is 31.2 Å². The van der Waals surface area contributed by atoms with E-state index in [1.54, 1.807) is 6.92 Å². The molecule has 34 heavy (non-hydrogen) atoms. The number of carboxylic acids is 1. The maximum atomic E-state index is 12.9. The van der Waals surface area contributed by atoms with Gasteiger partial charge in [0, 0.05) is 6.42 Å². The van der Waals surface area contributed by atoms with Crippen molar-refractivity contribution in [2.45, 2.75) is 70.6 Å². The van der Waals surface area contributed by atoms with E-state index in [4.69, 9.17) is 11.5 Å². The maximum absolute atomic E-state index is 12.9. The van der Waals surface area contributed by atoms with E-state index in [0.29, 0.717) is 12.8 Å². The van der Waals surface area contributed by atoms with E-state index in [1.807, 2.05) is 37.3 Å². The molecule has 0 saturated carbocycles. The molecule has 11 nitrogen and oxygen atoms in total. The van der Waals surface area contributed by atoms with Gasteiger partial charge in [0.1, 0.15) is 18.1 Å². The molecule has 0 spiro atoms. The molecule has 0 aliphatic heterocycles. The first-order valence-electron chi connectivity index (χ1n) is 11.2. The number of carboxylic acid groups (broad SMARTS) is 1. The molecule has 5 unspecified atom stereocenters. The molecule has 0 aliphatic rings. The Morgan fingerprint density at radius 3 is 2.09 bits per heavy atom. The van der Waals surface area contributed by atoms with Crippen LogP contribution in [0.1, 0.15) is 45.6 Å². The normalized spacial score (nSPS) is 15.2. The van der Waals surface area contributed by atoms with Gasteiger partial charge in [0.05, 0.1) is 6.04 Å². The molecular weight excluding hydrogens is 442 g/mol. The van der Waals surface area contributed by atoms with Crippen LogP contribution in [-0.2, 0) is 30.4 Å². The van der Waals surface area contributed by atoms with Crippen molar-refractivity contribution in [3.8, 4) is 0 Å². The number of carbonyl (C=O) groups excluding carboxylic acids is 4. The summed E-state index contributed by atoms with van der Waals surface area (Å²) in [6, 6.07) is 4.98. The molecule has 0 bridgehead atoms. The third-order valence-corrected chi connectivity index (χ3v) is 5.47. The van der Waals surface area contributed by atoms with Crippen molar-refractivity contribution >= 4 is 29.6 Å². The lowest BCUT2D eigenvalue weighted by Gasteiger charge is -2.27. The van der Waals surface area contributed by atoms with Crippen molar-refractivity contribution in [3.05, 3.63) is 35.9 Å². The standard InChI is InChI=1S/C23H35N5O6/c1-4-13(2)19(28-21(31)16(24)12-15-8-6-5-7-9-15)22(32)26-14(3)20(30)27-17(23(33)34)10-11-18(25)29/h5-9,13-14,16-17,19H,4,10-12,24H2,1-3H3,(H2,25,29)(H,26,32)(H,27,30)(H,28,31)(H,33,34). The predicted octanol–water partition coefficient (Wildman–Crippen LogP) is -0.573. The Morgan fingerprint density at radius 2 is 1.56 bits per heavy atom. The van der Waals surface area contributed by atoms with Crippen LogP contribution in [-0.4, -0.2) is 58.9 Å². The smallest absolute Gasteiger partial charge is 0.326 e. The van der Waals surface area contributed by atoms with Gasteiger partial charge >= 0.3 is 5.97 Å². The van der Waals surface area contributed by atoms with Gasteiger partial charge in [-0.15, -0.1) is 0 Å². The Kier molecular flexibility index (Phi) is 11.7. The molecule has 0 aromatic heterocycles. The Balaban J connectivity index is 2.77. The molecule has 1 aromatic rings. The minimum atomic E-state index is -1.33. The lowest BCUT2D eigenvalue weighted by atomic mass is 9.97. The van der Waals surface area contributed by atoms with Crippen LogP contribution in [0.5, 0.6) is 0 Å². The molecule has 1 aromatic carbocycles. The minimum Gasteiger partial charge on any atom is -0.480 e. The van der Waals surface area contributed by atoms with Crippen molar-refractivity contribution in [1.29, 1.82) is 0 Å². The largest absolute Gasteiger partial charge is 0.480 e. The number of aliphatic carboxylic acids is 1. The first kappa shape index (κ1) is 28.6. The zero-order chi connectivity index (χ0) is 25.8. The van der Waals surface area contributed by atoms with Crippen LogP contribution in [0.4, 0.5) is 0 Å². The van der Waals surface area contributed by atoms with Crippen molar-refractivity contribution in [2.75, 3.05) is 0 Å². The number of hydrogen-bond donors (Lipinski definition) is 6. The quantitative estimate of drug-likeness (QED) is 0.206. The van der Waals surface area contributed by atoms with Gasteiger partial charge in [-0.2, -0.15) is 0 Å². The average molecular weight is 478 g/mol. The predicted molar refractivity (Wildman–Crippen MR) is 125 cm³/mol. The molecule has 5 atom stereocenters. The summed E-state index contributed by atoms with van der Waals surface area (Å²) >= 11 is 0. The fraction of sp³-hybridized carbons (Fsp3) is 0.522. The third-order valence-electron chi connectivity index (χ3n) is 5.47. The Hall–Kier alpha value is -3.47.